The maximum absolute atomic E-state index is 15.3. The van der Waals surface area contributed by atoms with Gasteiger partial charge in [-0.2, -0.15) is 0 Å². The Morgan fingerprint density at radius 1 is 0.491 bits per heavy atom. The number of pyridine rings is 1. The quantitative estimate of drug-likeness (QED) is 0.0245. The summed E-state index contributed by atoms with van der Waals surface area (Å²) >= 11 is 6.26. The molecule has 0 bridgehead atoms. The highest BCUT2D eigenvalue weighted by molar-refractivity contribution is 6.30. The molecule has 0 radical (unpaired) electrons. The van der Waals surface area contributed by atoms with Gasteiger partial charge in [0, 0.05) is 94.3 Å². The highest BCUT2D eigenvalue weighted by atomic mass is 35.5. The summed E-state index contributed by atoms with van der Waals surface area (Å²) in [5, 5.41) is 46.5. The van der Waals surface area contributed by atoms with Gasteiger partial charge in [-0.3, -0.25) is 67.3 Å². The van der Waals surface area contributed by atoms with E-state index in [0.717, 1.165) is 10.8 Å². The zero-order valence-electron chi connectivity index (χ0n) is 63.2. The number of carbonyl (C=O) groups excluding carboxylic acids is 13. The maximum atomic E-state index is 15.3. The molecule has 0 spiro atoms. The van der Waals surface area contributed by atoms with Crippen molar-refractivity contribution in [1.29, 1.82) is 0 Å². The highest BCUT2D eigenvalue weighted by Crippen LogP contribution is 2.23. The molecule has 5 aromatic carbocycles. The Kier molecular flexibility index (Phi) is 33.3. The number of nitrogens with zero attached hydrogens (tertiary/aromatic N) is 2. The van der Waals surface area contributed by atoms with Crippen molar-refractivity contribution in [2.45, 2.75) is 192 Å². The van der Waals surface area contributed by atoms with Crippen molar-refractivity contribution in [2.24, 2.45) is 11.7 Å². The molecule has 1 aliphatic heterocycles. The number of hydrogen-bond donors (Lipinski definition) is 14. The van der Waals surface area contributed by atoms with Crippen LogP contribution in [0.4, 0.5) is 11.4 Å². The van der Waals surface area contributed by atoms with Gasteiger partial charge in [-0.25, -0.2) is 0 Å². The molecule has 13 amide bonds. The predicted molar refractivity (Wildman–Crippen MR) is 416 cm³/mol. The molecule has 15 N–H and O–H groups in total. The van der Waals surface area contributed by atoms with Crippen molar-refractivity contribution in [3.05, 3.63) is 173 Å². The maximum Gasteiger partial charge on any atom is 0.245 e. The molecule has 110 heavy (non-hydrogen) atoms. The number of rotatable bonds is 40. The number of hydrogen-bond acceptors (Lipinski definition) is 16. The zero-order valence-corrected chi connectivity index (χ0v) is 64.0. The molecular weight excluding hydrogens is 1430 g/mol. The number of unbranched alkanes of at least 4 members (excludes halogenated alkanes) is 1. The fraction of sp³-hybridized carbons (Fsp3) is 0.425. The third-order valence-electron chi connectivity index (χ3n) is 18.3. The number of carbonyl (C=O) groups is 13. The summed E-state index contributed by atoms with van der Waals surface area (Å²) in [4.78, 5) is 187. The van der Waals surface area contributed by atoms with Crippen molar-refractivity contribution in [1.82, 2.24) is 63.1 Å². The van der Waals surface area contributed by atoms with Gasteiger partial charge in [-0.05, 0) is 139 Å². The number of aliphatic hydroxyl groups is 1. The van der Waals surface area contributed by atoms with Crippen LogP contribution in [0.1, 0.15) is 122 Å². The van der Waals surface area contributed by atoms with E-state index in [2.05, 4.69) is 68.8 Å². The molecule has 0 aliphatic carbocycles. The molecule has 10 atom stereocenters. The molecule has 588 valence electrons. The average molecular weight is 1530 g/mol. The first kappa shape index (κ1) is 86.1. The summed E-state index contributed by atoms with van der Waals surface area (Å²) in [6.07, 6.45) is 3.93. The second-order valence-corrected chi connectivity index (χ2v) is 28.8. The summed E-state index contributed by atoms with van der Waals surface area (Å²) in [6.45, 7) is 12.6. The van der Waals surface area contributed by atoms with Crippen LogP contribution >= 0.6 is 11.6 Å². The van der Waals surface area contributed by atoms with Crippen molar-refractivity contribution in [3.8, 4) is 0 Å². The number of nitrogens with one attached hydrogen (secondary N) is 12. The van der Waals surface area contributed by atoms with E-state index in [9.17, 15) is 57.8 Å². The molecule has 7 rings (SSSR count). The Morgan fingerprint density at radius 2 is 0.936 bits per heavy atom. The Bertz CT molecular complexity index is 4190. The Balaban J connectivity index is 1.18. The molecule has 1 aromatic heterocycles. The molecule has 29 nitrogen and oxygen atoms in total. The first-order chi connectivity index (χ1) is 52.4. The van der Waals surface area contributed by atoms with Crippen LogP contribution in [-0.4, -0.2) is 178 Å². The molecule has 1 aliphatic rings. The molecule has 6 aromatic rings. The van der Waals surface area contributed by atoms with Gasteiger partial charge in [0.25, 0.3) is 0 Å². The first-order valence-corrected chi connectivity index (χ1v) is 37.3. The monoisotopic (exact) mass is 1530 g/mol. The largest absolute Gasteiger partial charge is 0.394 e. The number of aliphatic hydroxyl groups excluding tert-OH is 1. The lowest BCUT2D eigenvalue weighted by atomic mass is 9.99. The van der Waals surface area contributed by atoms with Gasteiger partial charge in [0.2, 0.25) is 76.8 Å². The number of fused-ring (bicyclic) bond motifs is 1. The summed E-state index contributed by atoms with van der Waals surface area (Å²) < 4.78 is 0. The van der Waals surface area contributed by atoms with Crippen molar-refractivity contribution in [3.63, 3.8) is 0 Å². The van der Waals surface area contributed by atoms with E-state index < -0.39 is 132 Å². The van der Waals surface area contributed by atoms with Gasteiger partial charge in [-0.15, -0.1) is 0 Å². The zero-order chi connectivity index (χ0) is 80.1. The van der Waals surface area contributed by atoms with E-state index in [0.29, 0.717) is 70.0 Å². The van der Waals surface area contributed by atoms with Crippen LogP contribution in [0.25, 0.3) is 10.8 Å². The summed E-state index contributed by atoms with van der Waals surface area (Å²) in [6, 6.07) is 21.9. The van der Waals surface area contributed by atoms with Crippen molar-refractivity contribution < 1.29 is 67.4 Å². The normalized spacial score (nSPS) is 15.0. The van der Waals surface area contributed by atoms with E-state index in [1.165, 1.54) is 45.0 Å². The Hall–Kier alpha value is -11.2. The molecular formula is C80H102ClN15O14. The van der Waals surface area contributed by atoms with Crippen LogP contribution < -0.4 is 69.5 Å². The minimum atomic E-state index is -1.85. The van der Waals surface area contributed by atoms with E-state index in [1.807, 2.05) is 70.2 Å². The number of amides is 13. The highest BCUT2D eigenvalue weighted by Gasteiger charge is 2.40. The number of halogens is 1. The van der Waals surface area contributed by atoms with Crippen LogP contribution in [0.15, 0.2) is 140 Å². The van der Waals surface area contributed by atoms with Crippen LogP contribution in [0.3, 0.4) is 0 Å². The number of anilines is 2. The average Bonchev–Trinajstić information content (AvgIpc) is 1.77. The van der Waals surface area contributed by atoms with E-state index in [-0.39, 0.29) is 81.7 Å². The molecule has 1 fully saturated rings. The van der Waals surface area contributed by atoms with Crippen LogP contribution in [-0.2, 0) is 94.4 Å². The topological polar surface area (TPSA) is 429 Å². The fourth-order valence-corrected chi connectivity index (χ4v) is 12.8. The van der Waals surface area contributed by atoms with E-state index >= 15 is 9.59 Å². The minimum Gasteiger partial charge on any atom is -0.394 e. The van der Waals surface area contributed by atoms with Crippen molar-refractivity contribution >= 4 is 111 Å². The molecule has 30 heteroatoms. The number of likely N-dealkylation sites (tertiary alicyclic amines) is 1. The Labute approximate surface area is 645 Å². The van der Waals surface area contributed by atoms with Gasteiger partial charge < -0.3 is 79.5 Å². The van der Waals surface area contributed by atoms with E-state index in [4.69, 9.17) is 17.3 Å². The lowest BCUT2D eigenvalue weighted by molar-refractivity contribution is -0.142. The predicted octanol–water partition coefficient (Wildman–Crippen LogP) is 3.40. The van der Waals surface area contributed by atoms with E-state index in [1.54, 1.807) is 84.9 Å². The third-order valence-corrected chi connectivity index (χ3v) is 18.5. The van der Waals surface area contributed by atoms with Gasteiger partial charge in [-0.1, -0.05) is 124 Å². The molecule has 0 unspecified atom stereocenters. The summed E-state index contributed by atoms with van der Waals surface area (Å²) in [5.74, 6) is -9.78. The van der Waals surface area contributed by atoms with Gasteiger partial charge >= 0.3 is 0 Å². The number of nitrogens with two attached hydrogens (primary N) is 1. The van der Waals surface area contributed by atoms with Crippen molar-refractivity contribution in [2.75, 3.05) is 30.3 Å². The summed E-state index contributed by atoms with van der Waals surface area (Å²) in [7, 11) is 0. The fourth-order valence-electron chi connectivity index (χ4n) is 12.6. The molecule has 0 saturated carbocycles. The second-order valence-electron chi connectivity index (χ2n) is 28.4. The third kappa shape index (κ3) is 27.8. The number of benzene rings is 5. The minimum absolute atomic E-state index is 0.0189. The smallest absolute Gasteiger partial charge is 0.245 e. The van der Waals surface area contributed by atoms with Crippen LogP contribution in [0.5, 0.6) is 0 Å². The summed E-state index contributed by atoms with van der Waals surface area (Å²) in [5.41, 5.74) is 8.80. The van der Waals surface area contributed by atoms with Gasteiger partial charge in [0.05, 0.1) is 6.61 Å². The van der Waals surface area contributed by atoms with Gasteiger partial charge in [0.15, 0.2) is 0 Å². The first-order valence-electron chi connectivity index (χ1n) is 36.9. The number of aromatic nitrogens is 1. The van der Waals surface area contributed by atoms with Crippen LogP contribution in [0, 0.1) is 5.92 Å². The SMILES string of the molecule is CC(=O)Nc1ccc(C[C@H](NC(=O)[C@H](CO)NC(=O)[C@@H](Cc2cccnc2)NC(=O)[C@@H](Cc2ccc(Cl)cc2)NC(=O)[C@@H](Cc2ccc3ccccc3c2)NC(C)=O)C(=O)N[C@H](Cc2ccc(NC(C)=O)cc2)C(=O)N[C@@H](CC(C)C)C(=O)N[C@@H](CCCCNC(C)C)C(=O)N2CCC[C@@H]2C(=O)N[C@H](C)C(N)=O)cc1. The second kappa shape index (κ2) is 42.5. The standard InChI is InChI=1S/C80H102ClN15O14/c1-46(2)37-63(72(102)89-62(18-11-12-35-84-47(3)4)80(110)96-36-14-19-70(96)79(109)85-48(5)71(82)101)90-74(104)66(40-53-23-30-60(31-24-53)86-49(6)98)92-76(106)67(41-54-25-32-61(33-26-54)87-50(7)99)94-78(108)69(45-97)95-77(107)68(43-56-15-13-34-83-44-56)93-75(105)65(39-52-21-28-59(81)29-22-52)91-73(103)64(88-51(8)100)42-55-20-27-57-16-9-10-17-58(57)38-55/h9-10,13,15-17,20-34,38,44,46-48,62-70,84,97H,11-12,14,18-19,35-37,39-43,45H2,1-8H3,(H2,82,101)(H,85,109)(H,86,98)(H,87,99)(H,88,100)(H,89,102)(H,90,104)(H,91,103)(H,92,106)(H,93,105)(H,94,108)(H,95,107)/t48-,62+,63+,64-,65-,66-,67+,68-,69+,70-/m1/s1. The Morgan fingerprint density at radius 3 is 1.41 bits per heavy atom. The lowest BCUT2D eigenvalue weighted by Gasteiger charge is -2.31. The molecule has 2 heterocycles. The lowest BCUT2D eigenvalue weighted by Crippen LogP contribution is -2.62. The molecule has 1 saturated heterocycles. The van der Waals surface area contributed by atoms with Gasteiger partial charge in [0.1, 0.15) is 60.4 Å². The number of primary amides is 1. The van der Waals surface area contributed by atoms with Crippen LogP contribution in [0.2, 0.25) is 5.02 Å².